The van der Waals surface area contributed by atoms with Crippen LogP contribution in [0.2, 0.25) is 0 Å². The molecule has 1 aliphatic rings. The molecule has 3 N–H and O–H groups in total. The van der Waals surface area contributed by atoms with Crippen LogP contribution >= 0.6 is 0 Å². The summed E-state index contributed by atoms with van der Waals surface area (Å²) in [6.45, 7) is 1.90. The zero-order valence-electron chi connectivity index (χ0n) is 9.54. The molecule has 3 heteroatoms. The molecule has 88 valence electrons. The van der Waals surface area contributed by atoms with Gasteiger partial charge in [0.1, 0.15) is 5.82 Å². The van der Waals surface area contributed by atoms with Crippen LogP contribution in [-0.2, 0) is 5.60 Å². The molecule has 1 fully saturated rings. The SMILES string of the molecule is Cc1ccc(F)cc1C1(O)CCCC(N)C1. The first-order valence-electron chi connectivity index (χ1n) is 5.76. The molecule has 16 heavy (non-hydrogen) atoms. The van der Waals surface area contributed by atoms with Gasteiger partial charge in [-0.2, -0.15) is 0 Å². The van der Waals surface area contributed by atoms with E-state index in [-0.39, 0.29) is 11.9 Å². The molecule has 0 saturated heterocycles. The summed E-state index contributed by atoms with van der Waals surface area (Å²) < 4.78 is 13.2. The van der Waals surface area contributed by atoms with Crippen LogP contribution in [0.1, 0.15) is 36.8 Å². The average molecular weight is 223 g/mol. The second-order valence-electron chi connectivity index (χ2n) is 4.85. The number of hydrogen-bond donors (Lipinski definition) is 2. The first kappa shape index (κ1) is 11.6. The average Bonchev–Trinajstić information content (AvgIpc) is 2.21. The fourth-order valence-electron chi connectivity index (χ4n) is 2.63. The Kier molecular flexibility index (Phi) is 3.00. The van der Waals surface area contributed by atoms with Crippen molar-refractivity contribution in [3.05, 3.63) is 35.1 Å². The molecule has 0 radical (unpaired) electrons. The molecule has 0 bridgehead atoms. The maximum Gasteiger partial charge on any atom is 0.123 e. The highest BCUT2D eigenvalue weighted by atomic mass is 19.1. The highest BCUT2D eigenvalue weighted by molar-refractivity contribution is 5.32. The molecule has 2 unspecified atom stereocenters. The van der Waals surface area contributed by atoms with Gasteiger partial charge in [-0.05, 0) is 55.9 Å². The third kappa shape index (κ3) is 2.11. The van der Waals surface area contributed by atoms with Gasteiger partial charge >= 0.3 is 0 Å². The molecule has 0 aromatic heterocycles. The topological polar surface area (TPSA) is 46.2 Å². The monoisotopic (exact) mass is 223 g/mol. The van der Waals surface area contributed by atoms with Crippen LogP contribution in [0.25, 0.3) is 0 Å². The summed E-state index contributed by atoms with van der Waals surface area (Å²) in [4.78, 5) is 0. The molecule has 0 heterocycles. The van der Waals surface area contributed by atoms with Crippen LogP contribution in [0, 0.1) is 12.7 Å². The molecule has 2 rings (SSSR count). The molecule has 0 spiro atoms. The lowest BCUT2D eigenvalue weighted by Gasteiger charge is -2.36. The summed E-state index contributed by atoms with van der Waals surface area (Å²) in [6.07, 6.45) is 3.03. The fourth-order valence-corrected chi connectivity index (χ4v) is 2.63. The lowest BCUT2D eigenvalue weighted by Crippen LogP contribution is -2.39. The molecular weight excluding hydrogens is 205 g/mol. The van der Waals surface area contributed by atoms with Gasteiger partial charge in [-0.3, -0.25) is 0 Å². The van der Waals surface area contributed by atoms with E-state index in [2.05, 4.69) is 0 Å². The minimum absolute atomic E-state index is 0.0152. The summed E-state index contributed by atoms with van der Waals surface area (Å²) in [5, 5.41) is 10.6. The molecule has 2 atom stereocenters. The Morgan fingerprint density at radius 3 is 2.94 bits per heavy atom. The predicted octanol–water partition coefficient (Wildman–Crippen LogP) is 2.22. The van der Waals surface area contributed by atoms with E-state index in [9.17, 15) is 9.50 Å². The van der Waals surface area contributed by atoms with E-state index in [1.54, 1.807) is 6.07 Å². The van der Waals surface area contributed by atoms with Crippen LogP contribution in [0.5, 0.6) is 0 Å². The molecule has 2 nitrogen and oxygen atoms in total. The largest absolute Gasteiger partial charge is 0.385 e. The minimum Gasteiger partial charge on any atom is -0.385 e. The summed E-state index contributed by atoms with van der Waals surface area (Å²) in [5.74, 6) is -0.298. The Hall–Kier alpha value is -0.930. The first-order valence-corrected chi connectivity index (χ1v) is 5.76. The number of aliphatic hydroxyl groups is 1. The van der Waals surface area contributed by atoms with Gasteiger partial charge in [0.15, 0.2) is 0 Å². The standard InChI is InChI=1S/C13H18FNO/c1-9-4-5-10(14)7-12(9)13(16)6-2-3-11(15)8-13/h4-5,7,11,16H,2-3,6,8,15H2,1H3. The Balaban J connectivity index is 2.37. The van der Waals surface area contributed by atoms with Crippen LogP contribution in [0.4, 0.5) is 4.39 Å². The Labute approximate surface area is 95.3 Å². The maximum absolute atomic E-state index is 13.2. The van der Waals surface area contributed by atoms with Gasteiger partial charge in [-0.1, -0.05) is 6.07 Å². The van der Waals surface area contributed by atoms with E-state index in [1.165, 1.54) is 12.1 Å². The zero-order valence-corrected chi connectivity index (χ0v) is 9.54. The van der Waals surface area contributed by atoms with Crippen molar-refractivity contribution in [2.75, 3.05) is 0 Å². The number of benzene rings is 1. The van der Waals surface area contributed by atoms with Crippen molar-refractivity contribution in [1.82, 2.24) is 0 Å². The maximum atomic E-state index is 13.2. The van der Waals surface area contributed by atoms with Gasteiger partial charge in [-0.15, -0.1) is 0 Å². The summed E-state index contributed by atoms with van der Waals surface area (Å²) in [7, 11) is 0. The molecule has 1 aromatic carbocycles. The second kappa shape index (κ2) is 4.15. The second-order valence-corrected chi connectivity index (χ2v) is 4.85. The van der Waals surface area contributed by atoms with E-state index in [4.69, 9.17) is 5.73 Å². The van der Waals surface area contributed by atoms with Crippen molar-refractivity contribution < 1.29 is 9.50 Å². The van der Waals surface area contributed by atoms with Gasteiger partial charge in [0, 0.05) is 6.04 Å². The Morgan fingerprint density at radius 2 is 2.25 bits per heavy atom. The molecule has 1 aromatic rings. The summed E-state index contributed by atoms with van der Waals surface area (Å²) in [5.41, 5.74) is 6.57. The van der Waals surface area contributed by atoms with Crippen LogP contribution in [0.3, 0.4) is 0 Å². The molecule has 1 saturated carbocycles. The van der Waals surface area contributed by atoms with Crippen molar-refractivity contribution in [3.63, 3.8) is 0 Å². The highest BCUT2D eigenvalue weighted by Crippen LogP contribution is 2.38. The summed E-state index contributed by atoms with van der Waals surface area (Å²) in [6, 6.07) is 4.59. The third-order valence-corrected chi connectivity index (χ3v) is 3.47. The Morgan fingerprint density at radius 1 is 1.50 bits per heavy atom. The van der Waals surface area contributed by atoms with Gasteiger partial charge in [-0.25, -0.2) is 4.39 Å². The van der Waals surface area contributed by atoms with E-state index >= 15 is 0 Å². The highest BCUT2D eigenvalue weighted by Gasteiger charge is 2.35. The zero-order chi connectivity index (χ0) is 11.8. The van der Waals surface area contributed by atoms with Crippen molar-refractivity contribution >= 4 is 0 Å². The fraction of sp³-hybridized carbons (Fsp3) is 0.538. The predicted molar refractivity (Wildman–Crippen MR) is 61.5 cm³/mol. The van der Waals surface area contributed by atoms with Gasteiger partial charge in [0.25, 0.3) is 0 Å². The lowest BCUT2D eigenvalue weighted by molar-refractivity contribution is -0.00794. The van der Waals surface area contributed by atoms with Crippen molar-refractivity contribution in [3.8, 4) is 0 Å². The van der Waals surface area contributed by atoms with Crippen molar-refractivity contribution in [2.45, 2.75) is 44.2 Å². The number of aryl methyl sites for hydroxylation is 1. The van der Waals surface area contributed by atoms with E-state index in [0.29, 0.717) is 18.4 Å². The van der Waals surface area contributed by atoms with Crippen LogP contribution < -0.4 is 5.73 Å². The molecule has 0 aliphatic heterocycles. The van der Waals surface area contributed by atoms with E-state index in [0.717, 1.165) is 18.4 Å². The number of halogens is 1. The lowest BCUT2D eigenvalue weighted by atomic mass is 9.76. The van der Waals surface area contributed by atoms with Crippen LogP contribution in [-0.4, -0.2) is 11.1 Å². The van der Waals surface area contributed by atoms with Crippen LogP contribution in [0.15, 0.2) is 18.2 Å². The van der Waals surface area contributed by atoms with Gasteiger partial charge < -0.3 is 10.8 Å². The number of rotatable bonds is 1. The number of nitrogens with two attached hydrogens (primary N) is 1. The number of hydrogen-bond acceptors (Lipinski definition) is 2. The summed E-state index contributed by atoms with van der Waals surface area (Å²) >= 11 is 0. The molecule has 0 amide bonds. The smallest absolute Gasteiger partial charge is 0.123 e. The molecule has 1 aliphatic carbocycles. The third-order valence-electron chi connectivity index (χ3n) is 3.47. The quantitative estimate of drug-likeness (QED) is 0.767. The molecular formula is C13H18FNO. The van der Waals surface area contributed by atoms with Crippen molar-refractivity contribution in [2.24, 2.45) is 5.73 Å². The minimum atomic E-state index is -0.941. The normalized spacial score (nSPS) is 30.4. The Bertz CT molecular complexity index is 394. The van der Waals surface area contributed by atoms with Gasteiger partial charge in [0.2, 0.25) is 0 Å². The first-order chi connectivity index (χ1) is 7.51. The van der Waals surface area contributed by atoms with E-state index < -0.39 is 5.60 Å². The van der Waals surface area contributed by atoms with E-state index in [1.807, 2.05) is 6.92 Å². The van der Waals surface area contributed by atoms with Gasteiger partial charge in [0.05, 0.1) is 5.60 Å². The van der Waals surface area contributed by atoms with Crippen molar-refractivity contribution in [1.29, 1.82) is 0 Å².